The van der Waals surface area contributed by atoms with E-state index in [0.29, 0.717) is 17.6 Å². The molecular weight excluding hydrogens is 164 g/mol. The number of halogens is 2. The molecule has 68 valence electrons. The zero-order valence-electron chi connectivity index (χ0n) is 6.58. The lowest BCUT2D eigenvalue weighted by Gasteiger charge is -1.95. The standard InChI is InChI=1S/C7H11F2N3/c8-7(9)12-5-6(4-11-12)2-1-3-10/h4-5,7H,1-3,10H2. The number of rotatable bonds is 4. The van der Waals surface area contributed by atoms with Gasteiger partial charge in [0.1, 0.15) is 0 Å². The first kappa shape index (κ1) is 9.12. The van der Waals surface area contributed by atoms with Gasteiger partial charge in [-0.05, 0) is 24.9 Å². The molecule has 0 atom stereocenters. The highest BCUT2D eigenvalue weighted by Crippen LogP contribution is 2.10. The van der Waals surface area contributed by atoms with Crippen LogP contribution in [-0.2, 0) is 6.42 Å². The molecule has 0 saturated carbocycles. The molecule has 0 aromatic carbocycles. The quantitative estimate of drug-likeness (QED) is 0.746. The Bertz CT molecular complexity index is 234. The molecule has 1 aromatic heterocycles. The van der Waals surface area contributed by atoms with Crippen LogP contribution >= 0.6 is 0 Å². The van der Waals surface area contributed by atoms with Crippen LogP contribution in [0.15, 0.2) is 12.4 Å². The molecule has 1 heterocycles. The summed E-state index contributed by atoms with van der Waals surface area (Å²) in [4.78, 5) is 0. The Kier molecular flexibility index (Phi) is 3.16. The van der Waals surface area contributed by atoms with Crippen molar-refractivity contribution in [3.05, 3.63) is 18.0 Å². The number of nitrogens with two attached hydrogens (primary N) is 1. The van der Waals surface area contributed by atoms with Crippen LogP contribution in [0.3, 0.4) is 0 Å². The SMILES string of the molecule is NCCCc1cnn(C(F)F)c1. The fraction of sp³-hybridized carbons (Fsp3) is 0.571. The van der Waals surface area contributed by atoms with E-state index in [-0.39, 0.29) is 0 Å². The van der Waals surface area contributed by atoms with Crippen molar-refractivity contribution >= 4 is 0 Å². The van der Waals surface area contributed by atoms with E-state index in [2.05, 4.69) is 5.10 Å². The van der Waals surface area contributed by atoms with Gasteiger partial charge < -0.3 is 5.73 Å². The van der Waals surface area contributed by atoms with E-state index in [1.54, 1.807) is 0 Å². The molecule has 0 amide bonds. The maximum absolute atomic E-state index is 12.0. The van der Waals surface area contributed by atoms with Crippen molar-refractivity contribution in [3.8, 4) is 0 Å². The molecule has 3 nitrogen and oxygen atoms in total. The Morgan fingerprint density at radius 1 is 1.58 bits per heavy atom. The molecule has 0 unspecified atom stereocenters. The summed E-state index contributed by atoms with van der Waals surface area (Å²) in [6, 6.07) is 0. The lowest BCUT2D eigenvalue weighted by Crippen LogP contribution is -2.00. The number of aryl methyl sites for hydroxylation is 1. The predicted molar refractivity (Wildman–Crippen MR) is 40.9 cm³/mol. The van der Waals surface area contributed by atoms with Crippen molar-refractivity contribution in [2.45, 2.75) is 19.4 Å². The minimum absolute atomic E-state index is 0.569. The molecule has 0 aliphatic heterocycles. The number of aromatic nitrogens is 2. The van der Waals surface area contributed by atoms with Crippen LogP contribution in [0, 0.1) is 0 Å². The lowest BCUT2D eigenvalue weighted by atomic mass is 10.2. The number of hydrogen-bond donors (Lipinski definition) is 1. The summed E-state index contributed by atoms with van der Waals surface area (Å²) < 4.78 is 24.6. The topological polar surface area (TPSA) is 43.8 Å². The van der Waals surface area contributed by atoms with E-state index in [4.69, 9.17) is 5.73 Å². The van der Waals surface area contributed by atoms with Gasteiger partial charge in [0.25, 0.3) is 0 Å². The Balaban J connectivity index is 2.52. The van der Waals surface area contributed by atoms with Crippen molar-refractivity contribution in [3.63, 3.8) is 0 Å². The van der Waals surface area contributed by atoms with Crippen molar-refractivity contribution < 1.29 is 8.78 Å². The highest BCUT2D eigenvalue weighted by Gasteiger charge is 2.06. The molecule has 1 rings (SSSR count). The second kappa shape index (κ2) is 4.15. The first-order valence-electron chi connectivity index (χ1n) is 3.75. The van der Waals surface area contributed by atoms with Gasteiger partial charge in [0.15, 0.2) is 0 Å². The average Bonchev–Trinajstić information content (AvgIpc) is 2.48. The molecule has 0 spiro atoms. The van der Waals surface area contributed by atoms with Gasteiger partial charge in [0.2, 0.25) is 0 Å². The van der Waals surface area contributed by atoms with Gasteiger partial charge in [-0.1, -0.05) is 0 Å². The Hall–Kier alpha value is -0.970. The van der Waals surface area contributed by atoms with Crippen LogP contribution in [0.4, 0.5) is 8.78 Å². The summed E-state index contributed by atoms with van der Waals surface area (Å²) in [6.07, 6.45) is 4.31. The lowest BCUT2D eigenvalue weighted by molar-refractivity contribution is 0.0565. The van der Waals surface area contributed by atoms with Gasteiger partial charge in [-0.2, -0.15) is 13.9 Å². The summed E-state index contributed by atoms with van der Waals surface area (Å²) >= 11 is 0. The third-order valence-corrected chi connectivity index (χ3v) is 1.52. The summed E-state index contributed by atoms with van der Waals surface area (Å²) in [7, 11) is 0. The monoisotopic (exact) mass is 175 g/mol. The number of hydrogen-bond acceptors (Lipinski definition) is 2. The Labute approximate surface area is 69.2 Å². The largest absolute Gasteiger partial charge is 0.333 e. The molecule has 12 heavy (non-hydrogen) atoms. The van der Waals surface area contributed by atoms with E-state index >= 15 is 0 Å². The smallest absolute Gasteiger partial charge is 0.330 e. The van der Waals surface area contributed by atoms with Gasteiger partial charge in [0.05, 0.1) is 6.20 Å². The average molecular weight is 175 g/mol. The van der Waals surface area contributed by atoms with E-state index in [0.717, 1.165) is 12.0 Å². The number of nitrogens with zero attached hydrogens (tertiary/aromatic N) is 2. The predicted octanol–water partition coefficient (Wildman–Crippen LogP) is 1.17. The minimum Gasteiger partial charge on any atom is -0.330 e. The second-order valence-electron chi connectivity index (χ2n) is 2.50. The fourth-order valence-corrected chi connectivity index (χ4v) is 0.919. The summed E-state index contributed by atoms with van der Waals surface area (Å²) in [5.74, 6) is 0. The molecule has 2 N–H and O–H groups in total. The Morgan fingerprint density at radius 2 is 2.33 bits per heavy atom. The summed E-state index contributed by atoms with van der Waals surface area (Å²) in [6.45, 7) is -1.98. The zero-order valence-corrected chi connectivity index (χ0v) is 6.58. The van der Waals surface area contributed by atoms with Crippen LogP contribution in [-0.4, -0.2) is 16.3 Å². The van der Waals surface area contributed by atoms with Gasteiger partial charge in [-0.15, -0.1) is 0 Å². The van der Waals surface area contributed by atoms with E-state index < -0.39 is 6.55 Å². The van der Waals surface area contributed by atoms with Gasteiger partial charge >= 0.3 is 6.55 Å². The minimum atomic E-state index is -2.54. The van der Waals surface area contributed by atoms with Crippen LogP contribution < -0.4 is 5.73 Å². The molecular formula is C7H11F2N3. The van der Waals surface area contributed by atoms with Crippen molar-refractivity contribution in [1.29, 1.82) is 0 Å². The molecule has 0 radical (unpaired) electrons. The molecule has 1 aromatic rings. The van der Waals surface area contributed by atoms with Crippen LogP contribution in [0.5, 0.6) is 0 Å². The van der Waals surface area contributed by atoms with E-state index in [9.17, 15) is 8.78 Å². The summed E-state index contributed by atoms with van der Waals surface area (Å²) in [5.41, 5.74) is 6.07. The van der Waals surface area contributed by atoms with E-state index in [1.165, 1.54) is 12.4 Å². The first-order valence-corrected chi connectivity index (χ1v) is 3.75. The summed E-state index contributed by atoms with van der Waals surface area (Å²) in [5, 5.41) is 3.49. The van der Waals surface area contributed by atoms with Gasteiger partial charge in [-0.25, -0.2) is 4.68 Å². The van der Waals surface area contributed by atoms with Crippen molar-refractivity contribution in [1.82, 2.24) is 9.78 Å². The number of alkyl halides is 2. The molecule has 5 heteroatoms. The van der Waals surface area contributed by atoms with Gasteiger partial charge in [-0.3, -0.25) is 0 Å². The maximum Gasteiger partial charge on any atom is 0.333 e. The zero-order chi connectivity index (χ0) is 8.97. The third kappa shape index (κ3) is 2.27. The van der Waals surface area contributed by atoms with E-state index in [1.807, 2.05) is 0 Å². The first-order chi connectivity index (χ1) is 5.74. The molecule has 0 fully saturated rings. The van der Waals surface area contributed by atoms with Crippen LogP contribution in [0.1, 0.15) is 18.5 Å². The Morgan fingerprint density at radius 3 is 2.83 bits per heavy atom. The van der Waals surface area contributed by atoms with Gasteiger partial charge in [0, 0.05) is 6.20 Å². The molecule has 0 saturated heterocycles. The van der Waals surface area contributed by atoms with Crippen LogP contribution in [0.25, 0.3) is 0 Å². The maximum atomic E-state index is 12.0. The highest BCUT2D eigenvalue weighted by molar-refractivity contribution is 5.03. The molecule has 0 aliphatic carbocycles. The normalized spacial score (nSPS) is 11.0. The third-order valence-electron chi connectivity index (χ3n) is 1.52. The van der Waals surface area contributed by atoms with Crippen LogP contribution in [0.2, 0.25) is 0 Å². The highest BCUT2D eigenvalue weighted by atomic mass is 19.3. The molecule has 0 aliphatic rings. The molecule has 0 bridgehead atoms. The van der Waals surface area contributed by atoms with Crippen molar-refractivity contribution in [2.24, 2.45) is 5.73 Å². The van der Waals surface area contributed by atoms with Crippen molar-refractivity contribution in [2.75, 3.05) is 6.54 Å². The fourth-order valence-electron chi connectivity index (χ4n) is 0.919. The second-order valence-corrected chi connectivity index (χ2v) is 2.50.